The number of nitrogens with zero attached hydrogens (tertiary/aromatic N) is 1. The SMILES string of the molecule is CC1(C)c2ccccc2-c2ccc(-c3ccccc3N(c3ccc(-c4cccc5c4C(C)(C)c4ccccc4-5)cc3)c3ccc4c(c3)C(c3ccccc3)(c3ccccc3)c3ccccc3-4)cc21. The number of hydrogen-bond acceptors (Lipinski definition) is 1. The Morgan fingerprint density at radius 2 is 0.735 bits per heavy atom. The van der Waals surface area contributed by atoms with Gasteiger partial charge in [-0.15, -0.1) is 0 Å². The Bertz CT molecular complexity index is 3570. The zero-order chi connectivity index (χ0) is 45.8. The van der Waals surface area contributed by atoms with Gasteiger partial charge in [0.15, 0.2) is 0 Å². The minimum Gasteiger partial charge on any atom is -0.310 e. The smallest absolute Gasteiger partial charge is 0.0714 e. The fourth-order valence-electron chi connectivity index (χ4n) is 12.7. The van der Waals surface area contributed by atoms with Gasteiger partial charge in [0.05, 0.1) is 11.1 Å². The van der Waals surface area contributed by atoms with Gasteiger partial charge in [-0.25, -0.2) is 0 Å². The molecule has 0 N–H and O–H groups in total. The third kappa shape index (κ3) is 5.69. The van der Waals surface area contributed by atoms with Gasteiger partial charge in [-0.3, -0.25) is 0 Å². The highest BCUT2D eigenvalue weighted by molar-refractivity contribution is 5.95. The number of benzene rings is 10. The molecule has 0 saturated heterocycles. The van der Waals surface area contributed by atoms with E-state index in [1.807, 2.05) is 0 Å². The third-order valence-corrected chi connectivity index (χ3v) is 15.8. The van der Waals surface area contributed by atoms with Gasteiger partial charge in [0.2, 0.25) is 0 Å². The van der Waals surface area contributed by atoms with Crippen molar-refractivity contribution in [2.75, 3.05) is 4.90 Å². The minimum absolute atomic E-state index is 0.118. The van der Waals surface area contributed by atoms with Crippen LogP contribution in [0.1, 0.15) is 72.2 Å². The van der Waals surface area contributed by atoms with Crippen molar-refractivity contribution in [3.05, 3.63) is 281 Å². The summed E-state index contributed by atoms with van der Waals surface area (Å²) in [6.07, 6.45) is 0. The summed E-state index contributed by atoms with van der Waals surface area (Å²) in [5.41, 5.74) is 26.0. The Balaban J connectivity index is 1.03. The van der Waals surface area contributed by atoms with Crippen molar-refractivity contribution >= 4 is 17.1 Å². The number of anilines is 3. The minimum atomic E-state index is -0.530. The van der Waals surface area contributed by atoms with E-state index in [0.29, 0.717) is 0 Å². The number of fused-ring (bicyclic) bond motifs is 9. The largest absolute Gasteiger partial charge is 0.310 e. The number of rotatable bonds is 7. The molecule has 0 saturated carbocycles. The van der Waals surface area contributed by atoms with E-state index in [1.165, 1.54) is 100 Å². The van der Waals surface area contributed by atoms with Crippen molar-refractivity contribution in [3.8, 4) is 55.6 Å². The highest BCUT2D eigenvalue weighted by Crippen LogP contribution is 2.58. The van der Waals surface area contributed by atoms with Crippen molar-refractivity contribution in [2.45, 2.75) is 43.9 Å². The third-order valence-electron chi connectivity index (χ3n) is 15.8. The molecule has 0 atom stereocenters. The molecule has 1 nitrogen and oxygen atoms in total. The van der Waals surface area contributed by atoms with E-state index in [1.54, 1.807) is 0 Å². The first-order valence-electron chi connectivity index (χ1n) is 24.1. The number of hydrogen-bond donors (Lipinski definition) is 0. The van der Waals surface area contributed by atoms with Crippen molar-refractivity contribution in [2.24, 2.45) is 0 Å². The topological polar surface area (TPSA) is 3.24 Å². The zero-order valence-corrected chi connectivity index (χ0v) is 39.0. The molecule has 0 spiro atoms. The van der Waals surface area contributed by atoms with Crippen LogP contribution in [0, 0.1) is 0 Å². The first-order valence-corrected chi connectivity index (χ1v) is 24.1. The summed E-state index contributed by atoms with van der Waals surface area (Å²) in [6, 6.07) is 88.7. The fraction of sp³-hybridized carbons (Fsp3) is 0.104. The van der Waals surface area contributed by atoms with Gasteiger partial charge in [0.25, 0.3) is 0 Å². The summed E-state index contributed by atoms with van der Waals surface area (Å²) in [4.78, 5) is 2.51. The molecule has 10 aromatic carbocycles. The molecule has 0 aromatic heterocycles. The van der Waals surface area contributed by atoms with Crippen molar-refractivity contribution in [3.63, 3.8) is 0 Å². The van der Waals surface area contributed by atoms with Crippen LogP contribution in [-0.4, -0.2) is 0 Å². The quantitative estimate of drug-likeness (QED) is 0.154. The lowest BCUT2D eigenvalue weighted by Gasteiger charge is -2.35. The van der Waals surface area contributed by atoms with Crippen LogP contribution in [0.25, 0.3) is 55.6 Å². The van der Waals surface area contributed by atoms with Gasteiger partial charge < -0.3 is 4.90 Å². The molecule has 0 heterocycles. The highest BCUT2D eigenvalue weighted by atomic mass is 15.1. The first kappa shape index (κ1) is 40.3. The van der Waals surface area contributed by atoms with Crippen molar-refractivity contribution in [1.82, 2.24) is 0 Å². The Morgan fingerprint density at radius 1 is 0.279 bits per heavy atom. The van der Waals surface area contributed by atoms with Crippen LogP contribution in [0.5, 0.6) is 0 Å². The average Bonchev–Trinajstić information content (AvgIpc) is 3.92. The molecule has 0 amide bonds. The summed E-state index contributed by atoms with van der Waals surface area (Å²) in [5.74, 6) is 0. The molecule has 68 heavy (non-hydrogen) atoms. The lowest BCUT2D eigenvalue weighted by Crippen LogP contribution is -2.28. The molecule has 324 valence electrons. The monoisotopic (exact) mass is 869 g/mol. The molecule has 0 unspecified atom stereocenters. The lowest BCUT2D eigenvalue weighted by molar-refractivity contribution is 0.660. The Hall–Kier alpha value is -8.00. The molecule has 3 aliphatic carbocycles. The molecule has 0 radical (unpaired) electrons. The van der Waals surface area contributed by atoms with Crippen LogP contribution in [0.2, 0.25) is 0 Å². The summed E-state index contributed by atoms with van der Waals surface area (Å²) in [6.45, 7) is 9.50. The van der Waals surface area contributed by atoms with Gasteiger partial charge in [0.1, 0.15) is 0 Å². The Kier molecular flexibility index (Phi) is 8.89. The van der Waals surface area contributed by atoms with Gasteiger partial charge in [-0.1, -0.05) is 228 Å². The molecular formula is C67H51N. The lowest BCUT2D eigenvalue weighted by atomic mass is 9.67. The van der Waals surface area contributed by atoms with E-state index < -0.39 is 5.41 Å². The summed E-state index contributed by atoms with van der Waals surface area (Å²) in [7, 11) is 0. The Labute approximate surface area is 400 Å². The Morgan fingerprint density at radius 3 is 1.41 bits per heavy atom. The van der Waals surface area contributed by atoms with E-state index in [0.717, 1.165) is 17.1 Å². The van der Waals surface area contributed by atoms with Gasteiger partial charge in [-0.2, -0.15) is 0 Å². The van der Waals surface area contributed by atoms with Crippen LogP contribution >= 0.6 is 0 Å². The molecule has 0 aliphatic heterocycles. The second-order valence-corrected chi connectivity index (χ2v) is 20.0. The zero-order valence-electron chi connectivity index (χ0n) is 39.0. The number of para-hydroxylation sites is 1. The fourth-order valence-corrected chi connectivity index (χ4v) is 12.7. The van der Waals surface area contributed by atoms with E-state index >= 15 is 0 Å². The van der Waals surface area contributed by atoms with Crippen LogP contribution < -0.4 is 4.90 Å². The summed E-state index contributed by atoms with van der Waals surface area (Å²) in [5, 5.41) is 0. The van der Waals surface area contributed by atoms with Crippen LogP contribution in [-0.2, 0) is 16.2 Å². The maximum absolute atomic E-state index is 2.51. The van der Waals surface area contributed by atoms with Gasteiger partial charge in [0, 0.05) is 27.8 Å². The van der Waals surface area contributed by atoms with Gasteiger partial charge in [-0.05, 0) is 131 Å². The predicted octanol–water partition coefficient (Wildman–Crippen LogP) is 17.5. The van der Waals surface area contributed by atoms with Crippen LogP contribution in [0.3, 0.4) is 0 Å². The van der Waals surface area contributed by atoms with Crippen LogP contribution in [0.15, 0.2) is 237 Å². The first-order chi connectivity index (χ1) is 33.3. The molecule has 0 fully saturated rings. The van der Waals surface area contributed by atoms with E-state index in [4.69, 9.17) is 0 Å². The molecular weight excluding hydrogens is 819 g/mol. The van der Waals surface area contributed by atoms with Gasteiger partial charge >= 0.3 is 0 Å². The summed E-state index contributed by atoms with van der Waals surface area (Å²) >= 11 is 0. The molecule has 1 heteroatoms. The second-order valence-electron chi connectivity index (χ2n) is 20.0. The standard InChI is InChI=1S/C67H51N/c1-65(2)58-30-15-11-25-52(58)55-40-36-45(42-61(55)65)50-24-14-18-33-63(50)68(48-37-34-44(35-38-48)51-28-19-29-57-54-27-12-16-31-59(54)66(3,4)64(51)57)49-39-41-56-53-26-13-17-32-60(53)67(62(56)43-49,46-20-7-5-8-21-46)47-22-9-6-10-23-47/h5-43H,1-4H3. The molecule has 3 aliphatic rings. The highest BCUT2D eigenvalue weighted by Gasteiger charge is 2.46. The van der Waals surface area contributed by atoms with E-state index in [-0.39, 0.29) is 10.8 Å². The maximum atomic E-state index is 2.51. The average molecular weight is 870 g/mol. The second kappa shape index (κ2) is 15.0. The summed E-state index contributed by atoms with van der Waals surface area (Å²) < 4.78 is 0. The van der Waals surface area contributed by atoms with E-state index in [9.17, 15) is 0 Å². The van der Waals surface area contributed by atoms with E-state index in [2.05, 4.69) is 269 Å². The molecule has 0 bridgehead atoms. The predicted molar refractivity (Wildman–Crippen MR) is 284 cm³/mol. The molecule has 10 aromatic rings. The van der Waals surface area contributed by atoms with Crippen molar-refractivity contribution < 1.29 is 0 Å². The normalized spacial score (nSPS) is 14.8. The molecule has 13 rings (SSSR count). The van der Waals surface area contributed by atoms with Crippen LogP contribution in [0.4, 0.5) is 17.1 Å². The maximum Gasteiger partial charge on any atom is 0.0714 e. The van der Waals surface area contributed by atoms with Crippen molar-refractivity contribution in [1.29, 1.82) is 0 Å².